The molecule has 2 heterocycles. The highest BCUT2D eigenvalue weighted by atomic mass is 16.5. The molecule has 1 aromatic carbocycles. The van der Waals surface area contributed by atoms with Gasteiger partial charge in [-0.15, -0.1) is 0 Å². The molecule has 0 bridgehead atoms. The van der Waals surface area contributed by atoms with Gasteiger partial charge in [0.05, 0.1) is 20.1 Å². The topological polar surface area (TPSA) is 55.8 Å². The van der Waals surface area contributed by atoms with Crippen LogP contribution in [0.5, 0.6) is 0 Å². The number of carbonyl (C=O) groups is 2. The summed E-state index contributed by atoms with van der Waals surface area (Å²) >= 11 is 0. The van der Waals surface area contributed by atoms with E-state index in [2.05, 4.69) is 4.90 Å². The summed E-state index contributed by atoms with van der Waals surface area (Å²) in [6.45, 7) is 0.784. The zero-order valence-electron chi connectivity index (χ0n) is 14.8. The van der Waals surface area contributed by atoms with Crippen LogP contribution in [-0.4, -0.2) is 49.2 Å². The first kappa shape index (κ1) is 17.7. The predicted molar refractivity (Wildman–Crippen MR) is 94.7 cm³/mol. The third-order valence-corrected chi connectivity index (χ3v) is 5.47. The Kier molecular flexibility index (Phi) is 5.23. The minimum absolute atomic E-state index is 0.160. The molecule has 0 saturated carbocycles. The zero-order valence-corrected chi connectivity index (χ0v) is 14.8. The number of hydrogen-bond donors (Lipinski definition) is 0. The van der Waals surface area contributed by atoms with Gasteiger partial charge in [-0.2, -0.15) is 0 Å². The van der Waals surface area contributed by atoms with E-state index < -0.39 is 5.54 Å². The first-order valence-electron chi connectivity index (χ1n) is 8.78. The second-order valence-corrected chi connectivity index (χ2v) is 6.77. The van der Waals surface area contributed by atoms with Gasteiger partial charge in [-0.05, 0) is 37.8 Å². The van der Waals surface area contributed by atoms with E-state index in [4.69, 9.17) is 9.47 Å². The summed E-state index contributed by atoms with van der Waals surface area (Å²) in [4.78, 5) is 27.2. The van der Waals surface area contributed by atoms with E-state index in [1.54, 1.807) is 0 Å². The zero-order chi connectivity index (χ0) is 17.9. The Balaban J connectivity index is 1.96. The lowest BCUT2D eigenvalue weighted by Gasteiger charge is -2.41. The van der Waals surface area contributed by atoms with Crippen molar-refractivity contribution >= 4 is 18.0 Å². The van der Waals surface area contributed by atoms with Gasteiger partial charge in [-0.25, -0.2) is 0 Å². The maximum absolute atomic E-state index is 12.6. The van der Waals surface area contributed by atoms with Gasteiger partial charge in [0.1, 0.15) is 5.54 Å². The molecule has 0 spiro atoms. The SMILES string of the molecule is COC(=O)[C@H]1C[C@@]2(C(=O)OC)CCCCN2[C@H]1/C=C/c1ccccc1. The summed E-state index contributed by atoms with van der Waals surface area (Å²) in [7, 11) is 2.83. The van der Waals surface area contributed by atoms with Gasteiger partial charge < -0.3 is 9.47 Å². The first-order valence-corrected chi connectivity index (χ1v) is 8.78. The van der Waals surface area contributed by atoms with Gasteiger partial charge in [-0.3, -0.25) is 14.5 Å². The smallest absolute Gasteiger partial charge is 0.326 e. The van der Waals surface area contributed by atoms with Crippen LogP contribution in [0.2, 0.25) is 0 Å². The molecule has 2 aliphatic rings. The Morgan fingerprint density at radius 1 is 1.16 bits per heavy atom. The fraction of sp³-hybridized carbons (Fsp3) is 0.500. The fourth-order valence-corrected chi connectivity index (χ4v) is 4.29. The molecule has 0 unspecified atom stereocenters. The summed E-state index contributed by atoms with van der Waals surface area (Å²) in [5.74, 6) is -0.862. The van der Waals surface area contributed by atoms with Gasteiger partial charge in [0.2, 0.25) is 0 Å². The molecule has 3 rings (SSSR count). The average molecular weight is 343 g/mol. The maximum Gasteiger partial charge on any atom is 0.326 e. The molecule has 1 aromatic rings. The largest absolute Gasteiger partial charge is 0.469 e. The molecule has 2 saturated heterocycles. The van der Waals surface area contributed by atoms with Crippen molar-refractivity contribution in [3.8, 4) is 0 Å². The highest BCUT2D eigenvalue weighted by molar-refractivity contribution is 5.85. The van der Waals surface area contributed by atoms with Gasteiger partial charge >= 0.3 is 11.9 Å². The van der Waals surface area contributed by atoms with Crippen molar-refractivity contribution in [2.24, 2.45) is 5.92 Å². The number of benzene rings is 1. The number of ether oxygens (including phenoxy) is 2. The van der Waals surface area contributed by atoms with Crippen LogP contribution < -0.4 is 0 Å². The minimum Gasteiger partial charge on any atom is -0.469 e. The Morgan fingerprint density at radius 2 is 1.92 bits per heavy atom. The van der Waals surface area contributed by atoms with E-state index in [9.17, 15) is 9.59 Å². The van der Waals surface area contributed by atoms with Crippen LogP contribution in [0.15, 0.2) is 36.4 Å². The molecule has 134 valence electrons. The van der Waals surface area contributed by atoms with E-state index in [1.807, 2.05) is 42.5 Å². The third kappa shape index (κ3) is 3.21. The summed E-state index contributed by atoms with van der Waals surface area (Å²) < 4.78 is 10.1. The molecule has 0 radical (unpaired) electrons. The van der Waals surface area contributed by atoms with E-state index in [1.165, 1.54) is 14.2 Å². The van der Waals surface area contributed by atoms with E-state index in [0.717, 1.165) is 31.4 Å². The Labute approximate surface area is 148 Å². The Morgan fingerprint density at radius 3 is 2.60 bits per heavy atom. The van der Waals surface area contributed by atoms with Crippen LogP contribution in [0, 0.1) is 5.92 Å². The first-order chi connectivity index (χ1) is 12.1. The maximum atomic E-state index is 12.6. The van der Waals surface area contributed by atoms with Crippen molar-refractivity contribution in [3.05, 3.63) is 42.0 Å². The molecule has 3 atom stereocenters. The van der Waals surface area contributed by atoms with E-state index in [-0.39, 0.29) is 23.9 Å². The predicted octanol–water partition coefficient (Wildman–Crippen LogP) is 2.66. The van der Waals surface area contributed by atoms with Crippen molar-refractivity contribution in [2.45, 2.75) is 37.3 Å². The summed E-state index contributed by atoms with van der Waals surface area (Å²) in [5.41, 5.74) is 0.357. The normalized spacial score (nSPS) is 29.4. The lowest BCUT2D eigenvalue weighted by atomic mass is 9.84. The number of piperidine rings is 1. The number of esters is 2. The molecule has 5 nitrogen and oxygen atoms in total. The van der Waals surface area contributed by atoms with Crippen LogP contribution in [0.1, 0.15) is 31.2 Å². The molecule has 0 aromatic heterocycles. The van der Waals surface area contributed by atoms with Crippen molar-refractivity contribution in [1.29, 1.82) is 0 Å². The van der Waals surface area contributed by atoms with Crippen molar-refractivity contribution in [1.82, 2.24) is 4.90 Å². The molecular formula is C20H25NO4. The van der Waals surface area contributed by atoms with Crippen LogP contribution in [0.4, 0.5) is 0 Å². The highest BCUT2D eigenvalue weighted by Gasteiger charge is 2.58. The molecule has 0 aliphatic carbocycles. The standard InChI is InChI=1S/C20H25NO4/c1-24-18(22)16-14-20(19(23)25-2)12-6-7-13-21(20)17(16)11-10-15-8-4-3-5-9-15/h3-5,8-11,16-17H,6-7,12-14H2,1-2H3/b11-10+/t16-,17-,20+/m0/s1. The van der Waals surface area contributed by atoms with E-state index in [0.29, 0.717) is 6.42 Å². The summed E-state index contributed by atoms with van der Waals surface area (Å²) in [6.07, 6.45) is 7.21. The summed E-state index contributed by atoms with van der Waals surface area (Å²) in [5, 5.41) is 0. The van der Waals surface area contributed by atoms with Gasteiger partial charge in [0.15, 0.2) is 0 Å². The number of nitrogens with zero attached hydrogens (tertiary/aromatic N) is 1. The number of fused-ring (bicyclic) bond motifs is 1. The summed E-state index contributed by atoms with van der Waals surface area (Å²) in [6, 6.07) is 9.80. The monoisotopic (exact) mass is 343 g/mol. The number of methoxy groups -OCH3 is 2. The highest BCUT2D eigenvalue weighted by Crippen LogP contribution is 2.46. The molecule has 0 N–H and O–H groups in total. The van der Waals surface area contributed by atoms with Crippen molar-refractivity contribution in [2.75, 3.05) is 20.8 Å². The van der Waals surface area contributed by atoms with Crippen LogP contribution in [0.3, 0.4) is 0 Å². The van der Waals surface area contributed by atoms with Crippen LogP contribution in [0.25, 0.3) is 6.08 Å². The molecular weight excluding hydrogens is 318 g/mol. The van der Waals surface area contributed by atoms with E-state index >= 15 is 0 Å². The second kappa shape index (κ2) is 7.40. The number of hydrogen-bond acceptors (Lipinski definition) is 5. The molecule has 25 heavy (non-hydrogen) atoms. The Hall–Kier alpha value is -2.14. The van der Waals surface area contributed by atoms with Crippen molar-refractivity contribution in [3.63, 3.8) is 0 Å². The van der Waals surface area contributed by atoms with Gasteiger partial charge in [0.25, 0.3) is 0 Å². The van der Waals surface area contributed by atoms with Crippen molar-refractivity contribution < 1.29 is 19.1 Å². The molecule has 2 aliphatic heterocycles. The Bertz CT molecular complexity index is 657. The minimum atomic E-state index is -0.711. The molecule has 0 amide bonds. The quantitative estimate of drug-likeness (QED) is 0.787. The lowest BCUT2D eigenvalue weighted by molar-refractivity contribution is -0.156. The van der Waals surface area contributed by atoms with Gasteiger partial charge in [-0.1, -0.05) is 42.5 Å². The van der Waals surface area contributed by atoms with Crippen LogP contribution in [-0.2, 0) is 19.1 Å². The second-order valence-electron chi connectivity index (χ2n) is 6.77. The molecule has 5 heteroatoms. The average Bonchev–Trinajstić information content (AvgIpc) is 3.01. The fourth-order valence-electron chi connectivity index (χ4n) is 4.29. The van der Waals surface area contributed by atoms with Crippen LogP contribution >= 0.6 is 0 Å². The third-order valence-electron chi connectivity index (χ3n) is 5.47. The lowest BCUT2D eigenvalue weighted by Crippen LogP contribution is -2.55. The molecule has 2 fully saturated rings. The number of rotatable bonds is 4. The number of carbonyl (C=O) groups excluding carboxylic acids is 2. The van der Waals surface area contributed by atoms with Gasteiger partial charge in [0, 0.05) is 6.04 Å².